The molecule has 0 aromatic heterocycles. The van der Waals surface area contributed by atoms with Crippen LogP contribution in [0.15, 0.2) is 18.2 Å². The van der Waals surface area contributed by atoms with Crippen molar-refractivity contribution in [3.8, 4) is 0 Å². The van der Waals surface area contributed by atoms with Gasteiger partial charge in [-0.25, -0.2) is 4.39 Å². The highest BCUT2D eigenvalue weighted by atomic mass is 19.1. The molecule has 1 aliphatic heterocycles. The van der Waals surface area contributed by atoms with Gasteiger partial charge < -0.3 is 14.0 Å². The van der Waals surface area contributed by atoms with Crippen LogP contribution in [-0.4, -0.2) is 30.9 Å². The quantitative estimate of drug-likeness (QED) is 0.554. The summed E-state index contributed by atoms with van der Waals surface area (Å²) in [6, 6.07) is 5.36. The van der Waals surface area contributed by atoms with Gasteiger partial charge in [-0.3, -0.25) is 4.79 Å². The number of esters is 1. The van der Waals surface area contributed by atoms with Crippen LogP contribution in [-0.2, 0) is 18.8 Å². The summed E-state index contributed by atoms with van der Waals surface area (Å²) in [6.07, 6.45) is 4.14. The van der Waals surface area contributed by atoms with Crippen LogP contribution >= 0.6 is 0 Å². The highest BCUT2D eigenvalue weighted by Crippen LogP contribution is 2.39. The average molecular weight is 390 g/mol. The van der Waals surface area contributed by atoms with Crippen molar-refractivity contribution in [1.29, 1.82) is 0 Å². The fourth-order valence-electron chi connectivity index (χ4n) is 4.13. The lowest BCUT2D eigenvalue weighted by molar-refractivity contribution is -0.144. The smallest absolute Gasteiger partial charge is 0.466 e. The van der Waals surface area contributed by atoms with Crippen molar-refractivity contribution in [2.75, 3.05) is 6.61 Å². The molecule has 0 spiro atoms. The minimum Gasteiger partial charge on any atom is -0.466 e. The number of ether oxygens (including phenoxy) is 1. The molecule has 1 aliphatic carbocycles. The van der Waals surface area contributed by atoms with E-state index in [2.05, 4.69) is 0 Å². The second kappa shape index (κ2) is 8.15. The van der Waals surface area contributed by atoms with Crippen LogP contribution in [0.4, 0.5) is 4.39 Å². The molecule has 1 heterocycles. The first-order valence-corrected chi connectivity index (χ1v) is 10.4. The van der Waals surface area contributed by atoms with E-state index in [4.69, 9.17) is 14.0 Å². The molecule has 1 aromatic rings. The van der Waals surface area contributed by atoms with Gasteiger partial charge in [0.15, 0.2) is 0 Å². The highest BCUT2D eigenvalue weighted by Gasteiger charge is 2.51. The van der Waals surface area contributed by atoms with E-state index in [-0.39, 0.29) is 17.7 Å². The Morgan fingerprint density at radius 3 is 2.29 bits per heavy atom. The summed E-state index contributed by atoms with van der Waals surface area (Å²) in [7, 11) is -0.547. The van der Waals surface area contributed by atoms with Gasteiger partial charge in [-0.15, -0.1) is 0 Å². The molecule has 2 aliphatic rings. The number of carbonyl (C=O) groups excluding carboxylic acids is 1. The van der Waals surface area contributed by atoms with E-state index in [9.17, 15) is 9.18 Å². The summed E-state index contributed by atoms with van der Waals surface area (Å²) in [5.74, 6) is 0.234. The third-order valence-corrected chi connectivity index (χ3v) is 6.60. The lowest BCUT2D eigenvalue weighted by Crippen LogP contribution is -2.41. The largest absolute Gasteiger partial charge is 0.494 e. The molecule has 0 amide bonds. The van der Waals surface area contributed by atoms with Crippen LogP contribution in [0.2, 0.25) is 0 Å². The second-order valence-electron chi connectivity index (χ2n) is 9.10. The molecule has 28 heavy (non-hydrogen) atoms. The molecule has 2 fully saturated rings. The van der Waals surface area contributed by atoms with Crippen molar-refractivity contribution in [2.24, 2.45) is 5.92 Å². The third kappa shape index (κ3) is 4.43. The minimum atomic E-state index is -0.547. The summed E-state index contributed by atoms with van der Waals surface area (Å²) in [4.78, 5) is 11.7. The van der Waals surface area contributed by atoms with E-state index in [1.54, 1.807) is 6.07 Å². The number of rotatable bonds is 5. The van der Waals surface area contributed by atoms with E-state index in [1.807, 2.05) is 46.8 Å². The summed E-state index contributed by atoms with van der Waals surface area (Å²) >= 11 is 0. The van der Waals surface area contributed by atoms with Crippen LogP contribution < -0.4 is 5.46 Å². The van der Waals surface area contributed by atoms with Gasteiger partial charge in [0.25, 0.3) is 0 Å². The number of hydrogen-bond donors (Lipinski definition) is 0. The number of hydrogen-bond acceptors (Lipinski definition) is 4. The van der Waals surface area contributed by atoms with Crippen LogP contribution in [0.3, 0.4) is 0 Å². The first kappa shape index (κ1) is 21.3. The maximum atomic E-state index is 14.9. The Hall–Kier alpha value is -1.40. The zero-order valence-corrected chi connectivity index (χ0v) is 17.7. The second-order valence-corrected chi connectivity index (χ2v) is 9.10. The Bertz CT molecular complexity index is 694. The molecule has 154 valence electrons. The van der Waals surface area contributed by atoms with Crippen molar-refractivity contribution in [3.63, 3.8) is 0 Å². The maximum Gasteiger partial charge on any atom is 0.494 e. The molecule has 1 saturated heterocycles. The van der Waals surface area contributed by atoms with Gasteiger partial charge in [0.05, 0.1) is 17.8 Å². The van der Waals surface area contributed by atoms with Gasteiger partial charge in [0, 0.05) is 6.42 Å². The fraction of sp³-hybridized carbons (Fsp3) is 0.682. The minimum absolute atomic E-state index is 0.121. The Labute approximate surface area is 168 Å². The van der Waals surface area contributed by atoms with Crippen molar-refractivity contribution in [3.05, 3.63) is 29.6 Å². The molecule has 3 rings (SSSR count). The number of halogens is 1. The predicted molar refractivity (Wildman–Crippen MR) is 108 cm³/mol. The maximum absolute atomic E-state index is 14.9. The van der Waals surface area contributed by atoms with Gasteiger partial charge in [0.2, 0.25) is 0 Å². The fourth-order valence-corrected chi connectivity index (χ4v) is 4.13. The van der Waals surface area contributed by atoms with Gasteiger partial charge in [-0.05, 0) is 89.2 Å². The number of benzene rings is 1. The van der Waals surface area contributed by atoms with Crippen molar-refractivity contribution in [1.82, 2.24) is 0 Å². The summed E-state index contributed by atoms with van der Waals surface area (Å²) in [5.41, 5.74) is 0.597. The van der Waals surface area contributed by atoms with Crippen LogP contribution in [0.25, 0.3) is 0 Å². The van der Waals surface area contributed by atoms with Gasteiger partial charge in [-0.1, -0.05) is 12.1 Å². The molecule has 1 aromatic carbocycles. The Balaban J connectivity index is 1.62. The monoisotopic (exact) mass is 390 g/mol. The van der Waals surface area contributed by atoms with Gasteiger partial charge >= 0.3 is 13.1 Å². The molecule has 0 radical (unpaired) electrons. The van der Waals surface area contributed by atoms with E-state index in [0.717, 1.165) is 36.7 Å². The Morgan fingerprint density at radius 2 is 1.75 bits per heavy atom. The molecular formula is C22H32BFO4. The van der Waals surface area contributed by atoms with Gasteiger partial charge in [-0.2, -0.15) is 0 Å². The molecular weight excluding hydrogens is 358 g/mol. The van der Waals surface area contributed by atoms with Crippen LogP contribution in [0, 0.1) is 11.7 Å². The summed E-state index contributed by atoms with van der Waals surface area (Å²) in [5, 5.41) is 0. The third-order valence-electron chi connectivity index (χ3n) is 6.60. The summed E-state index contributed by atoms with van der Waals surface area (Å²) in [6.45, 7) is 10.2. The first-order valence-electron chi connectivity index (χ1n) is 10.4. The lowest BCUT2D eigenvalue weighted by Gasteiger charge is -2.32. The summed E-state index contributed by atoms with van der Waals surface area (Å²) < 4.78 is 32.0. The predicted octanol–water partition coefficient (Wildman–Crippen LogP) is 4.35. The Morgan fingerprint density at radius 1 is 1.14 bits per heavy atom. The first-order chi connectivity index (χ1) is 13.1. The molecule has 0 bridgehead atoms. The van der Waals surface area contributed by atoms with E-state index in [0.29, 0.717) is 18.9 Å². The topological polar surface area (TPSA) is 44.8 Å². The molecule has 0 N–H and O–H groups in total. The van der Waals surface area contributed by atoms with E-state index >= 15 is 0 Å². The normalized spacial score (nSPS) is 26.3. The lowest BCUT2D eigenvalue weighted by atomic mass is 9.75. The molecule has 0 unspecified atom stereocenters. The molecule has 0 atom stereocenters. The Kier molecular flexibility index (Phi) is 6.21. The van der Waals surface area contributed by atoms with Crippen molar-refractivity contribution in [2.45, 2.75) is 83.8 Å². The van der Waals surface area contributed by atoms with E-state index < -0.39 is 18.3 Å². The molecule has 4 nitrogen and oxygen atoms in total. The van der Waals surface area contributed by atoms with Crippen molar-refractivity contribution >= 4 is 18.6 Å². The highest BCUT2D eigenvalue weighted by molar-refractivity contribution is 6.62. The molecule has 6 heteroatoms. The van der Waals surface area contributed by atoms with E-state index in [1.165, 1.54) is 0 Å². The molecule has 1 saturated carbocycles. The standard InChI is InChI=1S/C22H32BFO4/c1-6-26-20(25)13-15-7-9-16(10-8-15)18-12-11-17(14-19(18)24)23-27-21(2,3)22(4,5)28-23/h11-12,14-16H,6-10,13H2,1-5H3. The van der Waals surface area contributed by atoms with Gasteiger partial charge in [0.1, 0.15) is 5.82 Å². The number of carbonyl (C=O) groups is 1. The van der Waals surface area contributed by atoms with Crippen LogP contribution in [0.1, 0.15) is 78.2 Å². The van der Waals surface area contributed by atoms with Crippen molar-refractivity contribution < 1.29 is 23.2 Å². The average Bonchev–Trinajstić information content (AvgIpc) is 2.83. The van der Waals surface area contributed by atoms with Crippen LogP contribution in [0.5, 0.6) is 0 Å². The zero-order valence-electron chi connectivity index (χ0n) is 17.7. The SMILES string of the molecule is CCOC(=O)CC1CCC(c2ccc(B3OC(C)(C)C(C)(C)O3)cc2F)CC1. The zero-order chi connectivity index (χ0) is 20.5.